The Balaban J connectivity index is 1.83. The molecule has 3 amide bonds. The average Bonchev–Trinajstić information content (AvgIpc) is 2.75. The van der Waals surface area contributed by atoms with Crippen LogP contribution in [0.1, 0.15) is 21.6 Å². The molecular formula is C19H16F2N6O4S. The number of halogens is 2. The van der Waals surface area contributed by atoms with Crippen LogP contribution in [0.5, 0.6) is 0 Å². The molecule has 0 unspecified atom stereocenters. The number of carbonyl (C=O) groups excluding carboxylic acids is 2. The second-order valence-electron chi connectivity index (χ2n) is 6.93. The molecule has 1 aliphatic rings. The summed E-state index contributed by atoms with van der Waals surface area (Å²) in [5.74, 6) is -2.78. The lowest BCUT2D eigenvalue weighted by atomic mass is 10.1. The zero-order chi connectivity index (χ0) is 23.2. The molecule has 32 heavy (non-hydrogen) atoms. The Labute approximate surface area is 180 Å². The van der Waals surface area contributed by atoms with Gasteiger partial charge < -0.3 is 10.6 Å². The molecular weight excluding hydrogens is 446 g/mol. The van der Waals surface area contributed by atoms with Crippen LogP contribution >= 0.6 is 0 Å². The zero-order valence-electron chi connectivity index (χ0n) is 16.5. The van der Waals surface area contributed by atoms with Crippen molar-refractivity contribution >= 4 is 38.7 Å². The third kappa shape index (κ3) is 3.71. The molecule has 0 bridgehead atoms. The van der Waals surface area contributed by atoms with Gasteiger partial charge in [0.25, 0.3) is 5.91 Å². The second kappa shape index (κ2) is 7.76. The van der Waals surface area contributed by atoms with E-state index in [9.17, 15) is 26.8 Å². The Kier molecular flexibility index (Phi) is 5.22. The van der Waals surface area contributed by atoms with E-state index < -0.39 is 50.6 Å². The molecule has 0 fully saturated rings. The van der Waals surface area contributed by atoms with Gasteiger partial charge in [-0.25, -0.2) is 37.1 Å². The molecule has 2 aromatic heterocycles. The van der Waals surface area contributed by atoms with Crippen molar-refractivity contribution in [3.05, 3.63) is 58.9 Å². The summed E-state index contributed by atoms with van der Waals surface area (Å²) >= 11 is 0. The first kappa shape index (κ1) is 21.5. The maximum atomic E-state index is 14.6. The molecule has 4 N–H and O–H groups in total. The highest BCUT2D eigenvalue weighted by atomic mass is 32.2. The number of nitrogens with zero attached hydrogens (tertiary/aromatic N) is 3. The number of hydrogen-bond donors (Lipinski definition) is 3. The van der Waals surface area contributed by atoms with Crippen molar-refractivity contribution in [2.24, 2.45) is 5.14 Å². The van der Waals surface area contributed by atoms with Crippen molar-refractivity contribution in [1.82, 2.24) is 20.6 Å². The molecule has 1 aliphatic heterocycles. The van der Waals surface area contributed by atoms with Crippen molar-refractivity contribution in [2.75, 3.05) is 11.9 Å². The standard InChI is InChI=1S/C19H16F2N6O4S/c1-23-18(28)15-3-2-11-16-9(6-24-17(11)26-15)7-25-19(29)27(16)8-12-13(20)4-10(5-14(12)21)32(22,30)31/h2-6H,7-8H2,1H3,(H,23,28)(H,25,29)(H2,22,30,31). The van der Waals surface area contributed by atoms with Crippen LogP contribution in [0.4, 0.5) is 19.3 Å². The molecule has 166 valence electrons. The predicted octanol–water partition coefficient (Wildman–Crippen LogP) is 1.14. The quantitative estimate of drug-likeness (QED) is 0.530. The molecule has 4 rings (SSSR count). The van der Waals surface area contributed by atoms with Gasteiger partial charge in [-0.2, -0.15) is 0 Å². The molecule has 0 saturated carbocycles. The van der Waals surface area contributed by atoms with Gasteiger partial charge in [0.05, 0.1) is 17.1 Å². The number of aromatic nitrogens is 2. The zero-order valence-corrected chi connectivity index (χ0v) is 17.3. The molecule has 0 saturated heterocycles. The van der Waals surface area contributed by atoms with Crippen LogP contribution in [-0.2, 0) is 23.1 Å². The number of nitrogens with two attached hydrogens (primary N) is 1. The predicted molar refractivity (Wildman–Crippen MR) is 109 cm³/mol. The summed E-state index contributed by atoms with van der Waals surface area (Å²) < 4.78 is 52.1. The van der Waals surface area contributed by atoms with E-state index in [1.54, 1.807) is 6.07 Å². The van der Waals surface area contributed by atoms with E-state index in [1.165, 1.54) is 19.3 Å². The van der Waals surface area contributed by atoms with E-state index in [2.05, 4.69) is 20.6 Å². The largest absolute Gasteiger partial charge is 0.354 e. The SMILES string of the molecule is CNC(=O)c1ccc2c3c(cnc2n1)CNC(=O)N3Cc1c(F)cc(S(N)(=O)=O)cc1F. The van der Waals surface area contributed by atoms with E-state index in [1.807, 2.05) is 0 Å². The van der Waals surface area contributed by atoms with E-state index >= 15 is 0 Å². The average molecular weight is 462 g/mol. The first-order valence-electron chi connectivity index (χ1n) is 9.17. The summed E-state index contributed by atoms with van der Waals surface area (Å²) in [6.07, 6.45) is 1.45. The van der Waals surface area contributed by atoms with Gasteiger partial charge in [-0.3, -0.25) is 9.69 Å². The Morgan fingerprint density at radius 3 is 2.59 bits per heavy atom. The first-order valence-corrected chi connectivity index (χ1v) is 10.7. The van der Waals surface area contributed by atoms with Gasteiger partial charge in [0.1, 0.15) is 17.3 Å². The summed E-state index contributed by atoms with van der Waals surface area (Å²) in [4.78, 5) is 33.3. The number of hydrogen-bond acceptors (Lipinski definition) is 6. The normalized spacial score (nSPS) is 13.6. The maximum Gasteiger partial charge on any atom is 0.322 e. The second-order valence-corrected chi connectivity index (χ2v) is 8.50. The lowest BCUT2D eigenvalue weighted by Gasteiger charge is -2.31. The number of benzene rings is 1. The summed E-state index contributed by atoms with van der Waals surface area (Å²) in [5, 5.41) is 10.4. The van der Waals surface area contributed by atoms with Gasteiger partial charge in [-0.05, 0) is 24.3 Å². The highest BCUT2D eigenvalue weighted by Gasteiger charge is 2.29. The molecule has 13 heteroatoms. The van der Waals surface area contributed by atoms with E-state index in [0.717, 1.165) is 4.90 Å². The first-order chi connectivity index (χ1) is 15.1. The molecule has 0 atom stereocenters. The van der Waals surface area contributed by atoms with Crippen molar-refractivity contribution in [1.29, 1.82) is 0 Å². The molecule has 3 heterocycles. The molecule has 0 aliphatic carbocycles. The van der Waals surface area contributed by atoms with Crippen LogP contribution in [0.15, 0.2) is 35.4 Å². The summed E-state index contributed by atoms with van der Waals surface area (Å²) in [6.45, 7) is -0.419. The Morgan fingerprint density at radius 2 is 1.97 bits per heavy atom. The fraction of sp³-hybridized carbons (Fsp3) is 0.158. The summed E-state index contributed by atoms with van der Waals surface area (Å²) in [5.41, 5.74) is 0.628. The number of nitrogens with one attached hydrogen (secondary N) is 2. The molecule has 10 nitrogen and oxygen atoms in total. The number of fused-ring (bicyclic) bond motifs is 3. The van der Waals surface area contributed by atoms with Crippen molar-refractivity contribution in [3.63, 3.8) is 0 Å². The fourth-order valence-corrected chi connectivity index (χ4v) is 3.91. The van der Waals surface area contributed by atoms with Crippen LogP contribution in [0.2, 0.25) is 0 Å². The Hall–Kier alpha value is -3.71. The van der Waals surface area contributed by atoms with Crippen molar-refractivity contribution < 1.29 is 26.8 Å². The Morgan fingerprint density at radius 1 is 1.28 bits per heavy atom. The van der Waals surface area contributed by atoms with E-state index in [4.69, 9.17) is 5.14 Å². The highest BCUT2D eigenvalue weighted by molar-refractivity contribution is 7.89. The van der Waals surface area contributed by atoms with E-state index in [0.29, 0.717) is 28.8 Å². The number of anilines is 1. The third-order valence-electron chi connectivity index (χ3n) is 4.94. The van der Waals surface area contributed by atoms with Gasteiger partial charge in [-0.15, -0.1) is 0 Å². The topological polar surface area (TPSA) is 147 Å². The highest BCUT2D eigenvalue weighted by Crippen LogP contribution is 2.33. The minimum absolute atomic E-state index is 0.106. The number of sulfonamides is 1. The number of pyridine rings is 2. The maximum absolute atomic E-state index is 14.6. The van der Waals surface area contributed by atoms with Crippen LogP contribution < -0.4 is 20.7 Å². The van der Waals surface area contributed by atoms with E-state index in [-0.39, 0.29) is 17.9 Å². The molecule has 3 aromatic rings. The number of urea groups is 1. The number of amides is 3. The smallest absolute Gasteiger partial charge is 0.322 e. The van der Waals surface area contributed by atoms with Crippen molar-refractivity contribution in [2.45, 2.75) is 18.0 Å². The van der Waals surface area contributed by atoms with Gasteiger partial charge in [0.2, 0.25) is 10.0 Å². The van der Waals surface area contributed by atoms with Crippen LogP contribution in [0, 0.1) is 11.6 Å². The minimum atomic E-state index is -4.32. The van der Waals surface area contributed by atoms with Crippen molar-refractivity contribution in [3.8, 4) is 0 Å². The lowest BCUT2D eigenvalue weighted by Crippen LogP contribution is -2.44. The summed E-state index contributed by atoms with van der Waals surface area (Å²) in [7, 11) is -2.87. The minimum Gasteiger partial charge on any atom is -0.354 e. The third-order valence-corrected chi connectivity index (χ3v) is 5.83. The van der Waals surface area contributed by atoms with Gasteiger partial charge in [-0.1, -0.05) is 0 Å². The summed E-state index contributed by atoms with van der Waals surface area (Å²) in [6, 6.07) is 3.54. The Bertz CT molecular complexity index is 1370. The molecule has 1 aromatic carbocycles. The lowest BCUT2D eigenvalue weighted by molar-refractivity contribution is 0.0958. The van der Waals surface area contributed by atoms with Crippen LogP contribution in [-0.4, -0.2) is 37.4 Å². The fourth-order valence-electron chi connectivity index (χ4n) is 3.38. The number of carbonyl (C=O) groups is 2. The van der Waals surface area contributed by atoms with Gasteiger partial charge >= 0.3 is 6.03 Å². The number of primary sulfonamides is 1. The van der Waals surface area contributed by atoms with Gasteiger partial charge in [0.15, 0.2) is 5.65 Å². The van der Waals surface area contributed by atoms with Gasteiger partial charge in [0, 0.05) is 36.3 Å². The van der Waals surface area contributed by atoms with Crippen LogP contribution in [0.3, 0.4) is 0 Å². The monoisotopic (exact) mass is 462 g/mol. The van der Waals surface area contributed by atoms with Crippen LogP contribution in [0.25, 0.3) is 11.0 Å². The molecule has 0 radical (unpaired) electrons. The number of rotatable bonds is 4. The molecule has 0 spiro atoms.